The van der Waals surface area contributed by atoms with Gasteiger partial charge in [-0.1, -0.05) is 182 Å². The van der Waals surface area contributed by atoms with Gasteiger partial charge in [-0.05, 0) is 107 Å². The van der Waals surface area contributed by atoms with Crippen molar-refractivity contribution in [2.75, 3.05) is 0 Å². The molecule has 6 aliphatic heterocycles. The average molecular weight is 1130 g/mol. The number of rotatable bonds is 0. The molecule has 12 aromatic carbocycles. The molecule has 0 fully saturated rings. The predicted octanol–water partition coefficient (Wildman–Crippen LogP) is 11.5. The van der Waals surface area contributed by atoms with Crippen LogP contribution in [0.15, 0.2) is 218 Å². The molecular weight excluding hydrogens is 1080 g/mol. The van der Waals surface area contributed by atoms with Crippen molar-refractivity contribution in [3.63, 3.8) is 0 Å². The molecule has 86 heavy (non-hydrogen) atoms. The lowest BCUT2D eigenvalue weighted by Crippen LogP contribution is -2.34. The highest BCUT2D eigenvalue weighted by Crippen LogP contribution is 2.33. The number of aliphatic hydroxyl groups excluding tert-OH is 2. The van der Waals surface area contributed by atoms with Crippen LogP contribution < -0.4 is 31.9 Å². The second-order valence-corrected chi connectivity index (χ2v) is 21.3. The minimum absolute atomic E-state index is 0.0364. The molecule has 0 bridgehead atoms. The summed E-state index contributed by atoms with van der Waals surface area (Å²) in [5.74, 6) is -0.990. The van der Waals surface area contributed by atoms with E-state index in [1.54, 1.807) is 24.3 Å². The lowest BCUT2D eigenvalue weighted by Gasteiger charge is -2.22. The van der Waals surface area contributed by atoms with Crippen molar-refractivity contribution in [1.29, 1.82) is 0 Å². The maximum atomic E-state index is 11.6. The van der Waals surface area contributed by atoms with Crippen LogP contribution in [0.5, 0.6) is 0 Å². The van der Waals surface area contributed by atoms with Crippen LogP contribution in [0.3, 0.4) is 0 Å². The molecule has 2 unspecified atom stereocenters. The van der Waals surface area contributed by atoms with Gasteiger partial charge in [-0.2, -0.15) is 0 Å². The minimum atomic E-state index is -0.893. The van der Waals surface area contributed by atoms with Crippen molar-refractivity contribution in [3.8, 4) is 0 Å². The smallest absolute Gasteiger partial charge is 0.258 e. The van der Waals surface area contributed by atoms with Gasteiger partial charge < -0.3 is 36.8 Å². The highest BCUT2D eigenvalue weighted by Gasteiger charge is 2.27. The summed E-state index contributed by atoms with van der Waals surface area (Å²) in [6.45, 7) is 3.31. The van der Waals surface area contributed by atoms with Gasteiger partial charge >= 0.3 is 0 Å². The molecule has 18 rings (SSSR count). The third-order valence-electron chi connectivity index (χ3n) is 16.2. The first kappa shape index (κ1) is 54.4. The van der Waals surface area contributed by atoms with Crippen molar-refractivity contribution in [3.05, 3.63) is 285 Å². The van der Waals surface area contributed by atoms with Crippen LogP contribution in [-0.2, 0) is 26.2 Å². The first-order valence-corrected chi connectivity index (χ1v) is 28.2. The van der Waals surface area contributed by atoms with Crippen molar-refractivity contribution < 1.29 is 39.0 Å². The highest BCUT2D eigenvalue weighted by atomic mass is 16.3. The molecule has 6 heterocycles. The Bertz CT molecular complexity index is 4500. The monoisotopic (exact) mass is 1130 g/mol. The van der Waals surface area contributed by atoms with E-state index < -0.39 is 12.5 Å². The van der Waals surface area contributed by atoms with Gasteiger partial charge in [0.05, 0.1) is 0 Å². The fourth-order valence-corrected chi connectivity index (χ4v) is 12.3. The molecule has 0 radical (unpaired) electrons. The molecular formula is C72H54N6O8. The molecule has 0 aliphatic carbocycles. The summed E-state index contributed by atoms with van der Waals surface area (Å²) in [5.41, 5.74) is 10.8. The molecule has 0 saturated carbocycles. The number of imide groups is 1. The number of aliphatic hydroxyl groups is 2. The van der Waals surface area contributed by atoms with Gasteiger partial charge in [0.25, 0.3) is 35.4 Å². The minimum Gasteiger partial charge on any atom is -0.369 e. The Balaban J connectivity index is 0.0000000958. The van der Waals surface area contributed by atoms with E-state index in [-0.39, 0.29) is 35.4 Å². The van der Waals surface area contributed by atoms with Gasteiger partial charge in [-0.25, -0.2) is 0 Å². The Labute approximate surface area is 492 Å². The largest absolute Gasteiger partial charge is 0.369 e. The van der Waals surface area contributed by atoms with Gasteiger partial charge in [-0.15, -0.1) is 0 Å². The van der Waals surface area contributed by atoms with Gasteiger partial charge in [0, 0.05) is 86.8 Å². The van der Waals surface area contributed by atoms with Crippen molar-refractivity contribution in [1.82, 2.24) is 31.9 Å². The quantitative estimate of drug-likeness (QED) is 0.0677. The lowest BCUT2D eigenvalue weighted by molar-refractivity contribution is 0.0762. The standard InChI is InChI=1S/2C12H9NO2.C12H7NO2.2C12H9NO.C12H11N/c3*14-11-8-5-1-3-7-4-2-6-9(10(7)8)12(15)13-11;2*14-12-10-6-2-4-8-3-1-5-9(7-13-12)11(8)10;1-3-9-4-2-6-11-8-13-7-10(5-1)12(9)11/h2*1-6,11,14H,(H,13,15);1-6H,(H,13,14,15);2*1-6H,7H2,(H,13,14);1-6,13H,7-8H2. The summed E-state index contributed by atoms with van der Waals surface area (Å²) in [7, 11) is 0. The van der Waals surface area contributed by atoms with Crippen LogP contribution in [0.4, 0.5) is 0 Å². The van der Waals surface area contributed by atoms with E-state index in [0.717, 1.165) is 89.2 Å². The normalized spacial score (nSPS) is 15.9. The fraction of sp³-hybridized carbons (Fsp3) is 0.0833. The van der Waals surface area contributed by atoms with Crippen molar-refractivity contribution >= 4 is 100 Å². The van der Waals surface area contributed by atoms with E-state index in [9.17, 15) is 39.0 Å². The summed E-state index contributed by atoms with van der Waals surface area (Å²) in [4.78, 5) is 69.4. The maximum Gasteiger partial charge on any atom is 0.258 e. The van der Waals surface area contributed by atoms with E-state index in [0.29, 0.717) is 35.3 Å². The number of benzene rings is 12. The highest BCUT2D eigenvalue weighted by molar-refractivity contribution is 6.25. The van der Waals surface area contributed by atoms with Crippen LogP contribution in [0.2, 0.25) is 0 Å². The summed E-state index contributed by atoms with van der Waals surface area (Å²) in [5, 5.41) is 48.6. The third-order valence-corrected chi connectivity index (χ3v) is 16.2. The molecule has 2 atom stereocenters. The van der Waals surface area contributed by atoms with E-state index >= 15 is 0 Å². The number of nitrogens with one attached hydrogen (secondary N) is 6. The SMILES string of the molecule is O=C1NC(=O)c2cccc3cccc1c23.O=C1NC(O)c2cccc3cccc1c23.O=C1NC(O)c2cccc3cccc1c23.O=C1NCc2cccc3cccc1c23.O=C1NCc2cccc3cccc1c23.c1cc2c3c(cccc3c1)CNC2. The zero-order chi connectivity index (χ0) is 59.0. The Morgan fingerprint density at radius 1 is 0.267 bits per heavy atom. The second kappa shape index (κ2) is 23.0. The fourth-order valence-electron chi connectivity index (χ4n) is 12.3. The number of amides is 6. The summed E-state index contributed by atoms with van der Waals surface area (Å²) < 4.78 is 0. The van der Waals surface area contributed by atoms with E-state index in [1.807, 2.05) is 146 Å². The van der Waals surface area contributed by atoms with Crippen LogP contribution in [0, 0.1) is 0 Å². The molecule has 14 nitrogen and oxygen atoms in total. The molecule has 6 amide bonds. The Hall–Kier alpha value is -10.9. The summed E-state index contributed by atoms with van der Waals surface area (Å²) in [6.07, 6.45) is -1.79. The first-order chi connectivity index (χ1) is 42.0. The number of carbonyl (C=O) groups is 6. The molecule has 0 spiro atoms. The zero-order valence-corrected chi connectivity index (χ0v) is 46.1. The molecule has 0 saturated heterocycles. The lowest BCUT2D eigenvalue weighted by atomic mass is 9.95. The first-order valence-electron chi connectivity index (χ1n) is 28.2. The predicted molar refractivity (Wildman–Crippen MR) is 333 cm³/mol. The van der Waals surface area contributed by atoms with E-state index in [4.69, 9.17) is 0 Å². The number of carbonyl (C=O) groups excluding carboxylic acids is 6. The Morgan fingerprint density at radius 3 is 0.895 bits per heavy atom. The Morgan fingerprint density at radius 2 is 0.535 bits per heavy atom. The molecule has 8 N–H and O–H groups in total. The van der Waals surface area contributed by atoms with Crippen LogP contribution in [0.1, 0.15) is 108 Å². The zero-order valence-electron chi connectivity index (χ0n) is 46.1. The summed E-state index contributed by atoms with van der Waals surface area (Å²) >= 11 is 0. The number of hydrogen-bond donors (Lipinski definition) is 8. The molecule has 420 valence electrons. The van der Waals surface area contributed by atoms with Crippen LogP contribution >= 0.6 is 0 Å². The van der Waals surface area contributed by atoms with Gasteiger partial charge in [0.15, 0.2) is 12.5 Å². The van der Waals surface area contributed by atoms with Gasteiger partial charge in [0.2, 0.25) is 0 Å². The van der Waals surface area contributed by atoms with Crippen molar-refractivity contribution in [2.24, 2.45) is 0 Å². The topological polar surface area (TPSA) is 215 Å². The molecule has 0 aromatic heterocycles. The third kappa shape index (κ3) is 10.2. The second-order valence-electron chi connectivity index (χ2n) is 21.3. The van der Waals surface area contributed by atoms with Crippen LogP contribution in [0.25, 0.3) is 64.6 Å². The van der Waals surface area contributed by atoms with Crippen LogP contribution in [-0.4, -0.2) is 45.7 Å². The maximum absolute atomic E-state index is 11.6. The average Bonchev–Trinajstić information content (AvgIpc) is 1.55. The van der Waals surface area contributed by atoms with E-state index in [1.165, 1.54) is 33.0 Å². The number of hydrogen-bond acceptors (Lipinski definition) is 9. The summed E-state index contributed by atoms with van der Waals surface area (Å²) in [6, 6.07) is 70.3. The Kier molecular flexibility index (Phi) is 14.6. The molecule has 12 aromatic rings. The van der Waals surface area contributed by atoms with Gasteiger partial charge in [0.1, 0.15) is 0 Å². The molecule has 14 heteroatoms. The van der Waals surface area contributed by atoms with E-state index in [2.05, 4.69) is 80.4 Å². The van der Waals surface area contributed by atoms with Crippen molar-refractivity contribution in [2.45, 2.75) is 38.6 Å². The van der Waals surface area contributed by atoms with Gasteiger partial charge in [-0.3, -0.25) is 34.1 Å². The molecule has 6 aliphatic rings.